The molecule has 3 heteroatoms. The summed E-state index contributed by atoms with van der Waals surface area (Å²) in [5.41, 5.74) is 0. The molecule has 2 nitrogen and oxygen atoms in total. The summed E-state index contributed by atoms with van der Waals surface area (Å²) in [5, 5.41) is 4.43. The lowest BCUT2D eigenvalue weighted by molar-refractivity contribution is 0.662. The van der Waals surface area contributed by atoms with E-state index in [9.17, 15) is 0 Å². The molecule has 0 aliphatic heterocycles. The number of aromatic nitrogens is 1. The summed E-state index contributed by atoms with van der Waals surface area (Å²) in [6.45, 7) is 6.50. The van der Waals surface area contributed by atoms with Crippen LogP contribution in [0.25, 0.3) is 0 Å². The van der Waals surface area contributed by atoms with Gasteiger partial charge in [0.15, 0.2) is 0 Å². The molecule has 0 fully saturated rings. The molecule has 1 heterocycles. The molecule has 1 rings (SSSR count). The standard InChI is InChI=1S/C9H16N2S/c1-6(2)9-11-5-8(12-9)7(3)10-4/h5-7,10H,1-4H3/t7-/m1/s1. The zero-order valence-corrected chi connectivity index (χ0v) is 8.90. The third kappa shape index (κ3) is 2.05. The van der Waals surface area contributed by atoms with E-state index in [-0.39, 0.29) is 0 Å². The van der Waals surface area contributed by atoms with Crippen LogP contribution in [-0.4, -0.2) is 12.0 Å². The molecule has 0 saturated heterocycles. The fourth-order valence-electron chi connectivity index (χ4n) is 0.910. The third-order valence-electron chi connectivity index (χ3n) is 1.90. The molecule has 68 valence electrons. The van der Waals surface area contributed by atoms with Crippen molar-refractivity contribution < 1.29 is 0 Å². The van der Waals surface area contributed by atoms with Gasteiger partial charge in [0.2, 0.25) is 0 Å². The van der Waals surface area contributed by atoms with Crippen LogP contribution in [-0.2, 0) is 0 Å². The maximum Gasteiger partial charge on any atom is 0.0953 e. The van der Waals surface area contributed by atoms with E-state index < -0.39 is 0 Å². The van der Waals surface area contributed by atoms with Crippen LogP contribution in [0.15, 0.2) is 6.20 Å². The molecule has 1 N–H and O–H groups in total. The zero-order valence-electron chi connectivity index (χ0n) is 8.09. The molecule has 0 saturated carbocycles. The first-order chi connectivity index (χ1) is 5.65. The number of nitrogens with zero attached hydrogens (tertiary/aromatic N) is 1. The highest BCUT2D eigenvalue weighted by molar-refractivity contribution is 7.11. The summed E-state index contributed by atoms with van der Waals surface area (Å²) in [7, 11) is 1.97. The summed E-state index contributed by atoms with van der Waals surface area (Å²) in [4.78, 5) is 5.68. The van der Waals surface area contributed by atoms with Crippen LogP contribution in [0.4, 0.5) is 0 Å². The number of thiazole rings is 1. The summed E-state index contributed by atoms with van der Waals surface area (Å²) in [5.74, 6) is 0.549. The van der Waals surface area contributed by atoms with Crippen LogP contribution >= 0.6 is 11.3 Å². The zero-order chi connectivity index (χ0) is 9.14. The molecule has 12 heavy (non-hydrogen) atoms. The van der Waals surface area contributed by atoms with Crippen LogP contribution in [0.2, 0.25) is 0 Å². The average molecular weight is 184 g/mol. The maximum absolute atomic E-state index is 4.36. The minimum absolute atomic E-state index is 0.426. The van der Waals surface area contributed by atoms with E-state index in [2.05, 4.69) is 31.1 Å². The van der Waals surface area contributed by atoms with E-state index in [1.54, 1.807) is 11.3 Å². The van der Waals surface area contributed by atoms with Crippen LogP contribution in [0.3, 0.4) is 0 Å². The van der Waals surface area contributed by atoms with E-state index in [4.69, 9.17) is 0 Å². The molecule has 1 aromatic rings. The van der Waals surface area contributed by atoms with Gasteiger partial charge >= 0.3 is 0 Å². The Morgan fingerprint density at radius 3 is 2.50 bits per heavy atom. The van der Waals surface area contributed by atoms with Gasteiger partial charge in [-0.1, -0.05) is 13.8 Å². The first-order valence-corrected chi connectivity index (χ1v) is 5.09. The molecule has 0 radical (unpaired) electrons. The van der Waals surface area contributed by atoms with E-state index >= 15 is 0 Å². The van der Waals surface area contributed by atoms with E-state index in [0.717, 1.165) is 0 Å². The number of nitrogens with one attached hydrogen (secondary N) is 1. The Bertz CT molecular complexity index is 242. The third-order valence-corrected chi connectivity index (χ3v) is 3.38. The number of hydrogen-bond acceptors (Lipinski definition) is 3. The molecule has 0 bridgehead atoms. The molecule has 0 spiro atoms. The predicted octanol–water partition coefficient (Wildman–Crippen LogP) is 2.55. The highest BCUT2D eigenvalue weighted by Crippen LogP contribution is 2.25. The predicted molar refractivity (Wildman–Crippen MR) is 53.7 cm³/mol. The van der Waals surface area contributed by atoms with Crippen molar-refractivity contribution in [2.24, 2.45) is 0 Å². The van der Waals surface area contributed by atoms with Crippen molar-refractivity contribution in [2.75, 3.05) is 7.05 Å². The molecule has 1 aromatic heterocycles. The SMILES string of the molecule is CN[C@H](C)c1cnc(C(C)C)s1. The van der Waals surface area contributed by atoms with Crippen molar-refractivity contribution in [3.05, 3.63) is 16.1 Å². The van der Waals surface area contributed by atoms with Gasteiger partial charge in [-0.25, -0.2) is 4.98 Å². The lowest BCUT2D eigenvalue weighted by Gasteiger charge is -2.05. The molecular weight excluding hydrogens is 168 g/mol. The van der Waals surface area contributed by atoms with Gasteiger partial charge in [-0.2, -0.15) is 0 Å². The van der Waals surface area contributed by atoms with E-state index in [1.165, 1.54) is 9.88 Å². The van der Waals surface area contributed by atoms with Gasteiger partial charge in [-0.15, -0.1) is 11.3 Å². The minimum Gasteiger partial charge on any atom is -0.312 e. The molecule has 1 atom stereocenters. The van der Waals surface area contributed by atoms with Crippen molar-refractivity contribution in [2.45, 2.75) is 32.7 Å². The lowest BCUT2D eigenvalue weighted by atomic mass is 10.2. The smallest absolute Gasteiger partial charge is 0.0953 e. The summed E-state index contributed by atoms with van der Waals surface area (Å²) in [6.07, 6.45) is 1.97. The van der Waals surface area contributed by atoms with Gasteiger partial charge in [0.1, 0.15) is 0 Å². The molecule has 0 aliphatic rings. The quantitative estimate of drug-likeness (QED) is 0.781. The number of rotatable bonds is 3. The van der Waals surface area contributed by atoms with E-state index in [1.807, 2.05) is 13.2 Å². The maximum atomic E-state index is 4.36. The van der Waals surface area contributed by atoms with Crippen molar-refractivity contribution in [1.82, 2.24) is 10.3 Å². The second-order valence-corrected chi connectivity index (χ2v) is 4.36. The van der Waals surface area contributed by atoms with Gasteiger partial charge in [0.25, 0.3) is 0 Å². The summed E-state index contributed by atoms with van der Waals surface area (Å²) < 4.78 is 0. The molecule has 0 unspecified atom stereocenters. The minimum atomic E-state index is 0.426. The number of hydrogen-bond donors (Lipinski definition) is 1. The van der Waals surface area contributed by atoms with E-state index in [0.29, 0.717) is 12.0 Å². The monoisotopic (exact) mass is 184 g/mol. The Balaban J connectivity index is 2.77. The van der Waals surface area contributed by atoms with Gasteiger partial charge in [0.05, 0.1) is 5.01 Å². The van der Waals surface area contributed by atoms with Crippen molar-refractivity contribution in [3.8, 4) is 0 Å². The van der Waals surface area contributed by atoms with Crippen molar-refractivity contribution >= 4 is 11.3 Å². The Morgan fingerprint density at radius 2 is 2.08 bits per heavy atom. The molecule has 0 aliphatic carbocycles. The van der Waals surface area contributed by atoms with Crippen LogP contribution in [0, 0.1) is 0 Å². The summed E-state index contributed by atoms with van der Waals surface area (Å²) in [6, 6.07) is 0.426. The summed E-state index contributed by atoms with van der Waals surface area (Å²) >= 11 is 1.80. The van der Waals surface area contributed by atoms with Crippen molar-refractivity contribution in [3.63, 3.8) is 0 Å². The van der Waals surface area contributed by atoms with Crippen LogP contribution < -0.4 is 5.32 Å². The molecular formula is C9H16N2S. The second-order valence-electron chi connectivity index (χ2n) is 3.27. The Hall–Kier alpha value is -0.410. The first-order valence-electron chi connectivity index (χ1n) is 4.28. The fourth-order valence-corrected chi connectivity index (χ4v) is 1.89. The average Bonchev–Trinajstić information content (AvgIpc) is 2.51. The topological polar surface area (TPSA) is 24.9 Å². The Kier molecular flexibility index (Phi) is 3.23. The van der Waals surface area contributed by atoms with Gasteiger partial charge in [0, 0.05) is 23.0 Å². The van der Waals surface area contributed by atoms with Crippen LogP contribution in [0.1, 0.15) is 42.6 Å². The highest BCUT2D eigenvalue weighted by atomic mass is 32.1. The molecule has 0 amide bonds. The van der Waals surface area contributed by atoms with Gasteiger partial charge in [-0.05, 0) is 14.0 Å². The fraction of sp³-hybridized carbons (Fsp3) is 0.667. The Morgan fingerprint density at radius 1 is 1.42 bits per heavy atom. The highest BCUT2D eigenvalue weighted by Gasteiger charge is 2.09. The van der Waals surface area contributed by atoms with Crippen molar-refractivity contribution in [1.29, 1.82) is 0 Å². The lowest BCUT2D eigenvalue weighted by Crippen LogP contribution is -2.10. The Labute approximate surface area is 78.0 Å². The largest absolute Gasteiger partial charge is 0.312 e. The second kappa shape index (κ2) is 4.01. The molecule has 0 aromatic carbocycles. The van der Waals surface area contributed by atoms with Gasteiger partial charge < -0.3 is 5.32 Å². The van der Waals surface area contributed by atoms with Crippen LogP contribution in [0.5, 0.6) is 0 Å². The normalized spacial score (nSPS) is 13.8. The van der Waals surface area contributed by atoms with Gasteiger partial charge in [-0.3, -0.25) is 0 Å². The first kappa shape index (κ1) is 9.68.